The number of rotatable bonds is 15. The summed E-state index contributed by atoms with van der Waals surface area (Å²) in [4.78, 5) is 50.6. The fourth-order valence-corrected chi connectivity index (χ4v) is 6.02. The first-order valence-electron chi connectivity index (χ1n) is 16.7. The Morgan fingerprint density at radius 1 is 0.860 bits per heavy atom. The molecule has 258 valence electrons. The van der Waals surface area contributed by atoms with E-state index in [0.29, 0.717) is 36.6 Å². The van der Waals surface area contributed by atoms with Crippen LogP contribution in [0.1, 0.15) is 63.9 Å². The van der Waals surface area contributed by atoms with Gasteiger partial charge in [-0.1, -0.05) is 42.8 Å². The Bertz CT molecular complexity index is 1900. The number of aromatic hydroxyl groups is 1. The van der Waals surface area contributed by atoms with Crippen LogP contribution in [-0.4, -0.2) is 69.6 Å². The molecule has 0 radical (unpaired) electrons. The van der Waals surface area contributed by atoms with Gasteiger partial charge in [0.05, 0.1) is 17.7 Å². The monoisotopic (exact) mass is 677 g/mol. The van der Waals surface area contributed by atoms with E-state index in [1.165, 1.54) is 5.56 Å². The predicted octanol–water partition coefficient (Wildman–Crippen LogP) is 3.83. The summed E-state index contributed by atoms with van der Waals surface area (Å²) < 4.78 is 5.90. The number of aromatic nitrogens is 2. The third-order valence-corrected chi connectivity index (χ3v) is 8.77. The van der Waals surface area contributed by atoms with Crippen molar-refractivity contribution in [3.8, 4) is 22.8 Å². The number of phenols is 1. The van der Waals surface area contributed by atoms with Crippen LogP contribution >= 0.6 is 0 Å². The molecule has 1 unspecified atom stereocenters. The Labute approximate surface area is 289 Å². The fourth-order valence-electron chi connectivity index (χ4n) is 6.02. The van der Waals surface area contributed by atoms with Crippen LogP contribution < -0.4 is 26.4 Å². The second kappa shape index (κ2) is 15.6. The van der Waals surface area contributed by atoms with Crippen LogP contribution in [0.5, 0.6) is 11.5 Å². The van der Waals surface area contributed by atoms with Gasteiger partial charge in [-0.3, -0.25) is 29.4 Å². The number of benzene rings is 3. The number of para-hydroxylation sites is 1. The Balaban J connectivity index is 0.862. The zero-order valence-electron chi connectivity index (χ0n) is 27.5. The Morgan fingerprint density at radius 2 is 1.62 bits per heavy atom. The molecule has 6 N–H and O–H groups in total. The van der Waals surface area contributed by atoms with Crippen LogP contribution in [0.15, 0.2) is 72.8 Å². The van der Waals surface area contributed by atoms with Gasteiger partial charge in [-0.2, -0.15) is 0 Å². The Kier molecular flexibility index (Phi) is 10.6. The highest BCUT2D eigenvalue weighted by molar-refractivity contribution is 6.23. The zero-order chi connectivity index (χ0) is 35.0. The van der Waals surface area contributed by atoms with Crippen molar-refractivity contribution >= 4 is 35.1 Å². The smallest absolute Gasteiger partial charge is 0.262 e. The van der Waals surface area contributed by atoms with E-state index >= 15 is 0 Å². The highest BCUT2D eigenvalue weighted by Crippen LogP contribution is 2.31. The SMILES string of the molecule is Nc1nnc(-c2ccccc2O)cc1OCCc1ccc(CNCCCCCNc2ccc3c(c2)C(=O)N(C2CCC(=O)NC2=O)C3=O)cc1. The average molecular weight is 678 g/mol. The standard InChI is InChI=1S/C37H39N7O6/c38-34-32(21-29(42-43-34)27-6-2-3-7-31(27)45)50-19-16-23-8-10-24(11-9-23)22-39-17-4-1-5-18-40-25-12-13-26-28(20-25)37(49)44(36(26)48)30-14-15-33(46)41-35(30)47/h2-3,6-13,20-21,30,39-40,45H,1,4-5,14-19,22H2,(H2,38,43)(H,41,46,47). The highest BCUT2D eigenvalue weighted by atomic mass is 16.5. The largest absolute Gasteiger partial charge is 0.507 e. The van der Waals surface area contributed by atoms with Gasteiger partial charge in [0.15, 0.2) is 11.6 Å². The van der Waals surface area contributed by atoms with Crippen molar-refractivity contribution < 1.29 is 29.0 Å². The number of hydrogen-bond donors (Lipinski definition) is 5. The molecule has 0 aliphatic carbocycles. The molecule has 0 spiro atoms. The number of fused-ring (bicyclic) bond motifs is 1. The number of hydrogen-bond acceptors (Lipinski definition) is 11. The van der Waals surface area contributed by atoms with Gasteiger partial charge in [0, 0.05) is 43.2 Å². The van der Waals surface area contributed by atoms with E-state index in [0.717, 1.165) is 48.5 Å². The number of nitrogens with zero attached hydrogens (tertiary/aromatic N) is 3. The van der Waals surface area contributed by atoms with Gasteiger partial charge in [0.1, 0.15) is 17.5 Å². The van der Waals surface area contributed by atoms with Crippen molar-refractivity contribution in [2.75, 3.05) is 30.7 Å². The van der Waals surface area contributed by atoms with Crippen molar-refractivity contribution in [2.24, 2.45) is 0 Å². The van der Waals surface area contributed by atoms with Gasteiger partial charge in [-0.05, 0) is 67.3 Å². The lowest BCUT2D eigenvalue weighted by Crippen LogP contribution is -2.54. The molecule has 13 heteroatoms. The molecule has 1 aromatic heterocycles. The molecule has 3 aromatic carbocycles. The summed E-state index contributed by atoms with van der Waals surface area (Å²) >= 11 is 0. The number of imide groups is 2. The van der Waals surface area contributed by atoms with Crippen molar-refractivity contribution in [3.05, 3.63) is 95.1 Å². The number of phenolic OH excluding ortho intramolecular Hbond substituents is 1. The Morgan fingerprint density at radius 3 is 2.42 bits per heavy atom. The molecule has 13 nitrogen and oxygen atoms in total. The van der Waals surface area contributed by atoms with Gasteiger partial charge in [-0.15, -0.1) is 10.2 Å². The average Bonchev–Trinajstić information content (AvgIpc) is 3.36. The molecular formula is C37H39N7O6. The summed E-state index contributed by atoms with van der Waals surface area (Å²) in [5, 5.41) is 27.2. The number of nitrogen functional groups attached to an aromatic ring is 1. The van der Waals surface area contributed by atoms with E-state index in [2.05, 4.69) is 50.4 Å². The molecule has 1 atom stereocenters. The zero-order valence-corrected chi connectivity index (χ0v) is 27.5. The summed E-state index contributed by atoms with van der Waals surface area (Å²) in [6.45, 7) is 2.77. The second-order valence-corrected chi connectivity index (χ2v) is 12.3. The summed E-state index contributed by atoms with van der Waals surface area (Å²) in [7, 11) is 0. The molecule has 0 bridgehead atoms. The van der Waals surface area contributed by atoms with E-state index in [4.69, 9.17) is 10.5 Å². The molecule has 2 aliphatic heterocycles. The molecule has 4 aromatic rings. The molecule has 4 amide bonds. The number of carbonyl (C=O) groups is 4. The third kappa shape index (κ3) is 7.90. The van der Waals surface area contributed by atoms with Crippen molar-refractivity contribution in [1.29, 1.82) is 0 Å². The lowest BCUT2D eigenvalue weighted by Gasteiger charge is -2.27. The lowest BCUT2D eigenvalue weighted by atomic mass is 10.0. The first-order chi connectivity index (χ1) is 24.3. The number of amides is 4. The van der Waals surface area contributed by atoms with Crippen molar-refractivity contribution in [2.45, 2.75) is 51.1 Å². The normalized spacial score (nSPS) is 15.6. The van der Waals surface area contributed by atoms with E-state index < -0.39 is 29.7 Å². The molecule has 1 fully saturated rings. The maximum Gasteiger partial charge on any atom is 0.262 e. The van der Waals surface area contributed by atoms with E-state index in [1.807, 2.05) is 6.07 Å². The summed E-state index contributed by atoms with van der Waals surface area (Å²) in [5.74, 6) is -1.31. The molecule has 50 heavy (non-hydrogen) atoms. The summed E-state index contributed by atoms with van der Waals surface area (Å²) in [5.41, 5.74) is 10.6. The summed E-state index contributed by atoms with van der Waals surface area (Å²) in [6, 6.07) is 21.0. The van der Waals surface area contributed by atoms with Gasteiger partial charge in [0.25, 0.3) is 11.8 Å². The van der Waals surface area contributed by atoms with Crippen LogP contribution in [0.3, 0.4) is 0 Å². The Hall–Kier alpha value is -5.82. The number of nitrogens with two attached hydrogens (primary N) is 1. The molecule has 6 rings (SSSR count). The predicted molar refractivity (Wildman–Crippen MR) is 186 cm³/mol. The fraction of sp³-hybridized carbons (Fsp3) is 0.297. The van der Waals surface area contributed by atoms with Gasteiger partial charge in [-0.25, -0.2) is 0 Å². The number of carbonyl (C=O) groups excluding carboxylic acids is 4. The number of ether oxygens (including phenoxy) is 1. The minimum atomic E-state index is -0.972. The number of anilines is 2. The molecular weight excluding hydrogens is 638 g/mol. The minimum absolute atomic E-state index is 0.0888. The number of nitrogens with one attached hydrogen (secondary N) is 3. The van der Waals surface area contributed by atoms with Crippen LogP contribution in [0.2, 0.25) is 0 Å². The van der Waals surface area contributed by atoms with E-state index in [1.54, 1.807) is 42.5 Å². The quantitative estimate of drug-likeness (QED) is 0.0909. The van der Waals surface area contributed by atoms with Crippen molar-refractivity contribution in [1.82, 2.24) is 25.7 Å². The van der Waals surface area contributed by atoms with E-state index in [-0.39, 0.29) is 35.5 Å². The van der Waals surface area contributed by atoms with Gasteiger partial charge >= 0.3 is 0 Å². The lowest BCUT2D eigenvalue weighted by molar-refractivity contribution is -0.136. The van der Waals surface area contributed by atoms with Crippen LogP contribution in [0, 0.1) is 0 Å². The second-order valence-electron chi connectivity index (χ2n) is 12.3. The molecule has 1 saturated heterocycles. The number of unbranched alkanes of at least 4 members (excludes halogenated alkanes) is 2. The first kappa shape index (κ1) is 34.1. The molecule has 0 saturated carbocycles. The molecule has 2 aliphatic rings. The van der Waals surface area contributed by atoms with Crippen LogP contribution in [0.4, 0.5) is 11.5 Å². The number of piperidine rings is 1. The van der Waals surface area contributed by atoms with Crippen LogP contribution in [0.25, 0.3) is 11.3 Å². The van der Waals surface area contributed by atoms with Crippen LogP contribution in [-0.2, 0) is 22.6 Å². The maximum atomic E-state index is 13.0. The van der Waals surface area contributed by atoms with E-state index in [9.17, 15) is 24.3 Å². The highest BCUT2D eigenvalue weighted by Gasteiger charge is 2.44. The summed E-state index contributed by atoms with van der Waals surface area (Å²) in [6.07, 6.45) is 3.86. The topological polar surface area (TPSA) is 189 Å². The first-order valence-corrected chi connectivity index (χ1v) is 16.7. The van der Waals surface area contributed by atoms with Gasteiger partial charge < -0.3 is 26.2 Å². The van der Waals surface area contributed by atoms with Crippen molar-refractivity contribution in [3.63, 3.8) is 0 Å². The minimum Gasteiger partial charge on any atom is -0.507 e. The molecule has 3 heterocycles. The third-order valence-electron chi connectivity index (χ3n) is 8.77. The maximum absolute atomic E-state index is 13.0. The van der Waals surface area contributed by atoms with Gasteiger partial charge in [0.2, 0.25) is 11.8 Å².